The van der Waals surface area contributed by atoms with Crippen LogP contribution in [0.2, 0.25) is 0 Å². The minimum atomic E-state index is -1.04. The maximum atomic E-state index is 14.3. The molecular weight excluding hydrogens is 462 g/mol. The Morgan fingerprint density at radius 1 is 1.03 bits per heavy atom. The van der Waals surface area contributed by atoms with Gasteiger partial charge in [0, 0.05) is 17.9 Å². The molecule has 1 aliphatic rings. The standard InChI is InChI=1S/C28H30F2N4O2/c1-19-9-5-6-14-23(19)26(28(36)33-21-11-3-2-4-12-21)34(22-13-7-10-20(29)17-22)25(35)18-32-24-15-8-16-31-27(24)30/h5-10,13-17,21,26,32H,2-4,11-12,18H2,1H3,(H,33,36). The van der Waals surface area contributed by atoms with Crippen molar-refractivity contribution in [3.05, 3.63) is 89.8 Å². The van der Waals surface area contributed by atoms with E-state index in [1.54, 1.807) is 24.3 Å². The lowest BCUT2D eigenvalue weighted by Crippen LogP contribution is -2.49. The third-order valence-corrected chi connectivity index (χ3v) is 6.49. The summed E-state index contributed by atoms with van der Waals surface area (Å²) in [5, 5.41) is 5.89. The Kier molecular flexibility index (Phi) is 8.25. The monoisotopic (exact) mass is 492 g/mol. The van der Waals surface area contributed by atoms with Crippen molar-refractivity contribution < 1.29 is 18.4 Å². The van der Waals surface area contributed by atoms with Gasteiger partial charge in [-0.3, -0.25) is 14.5 Å². The number of nitrogens with zero attached hydrogens (tertiary/aromatic N) is 2. The molecule has 2 N–H and O–H groups in total. The van der Waals surface area contributed by atoms with E-state index in [4.69, 9.17) is 0 Å². The average molecular weight is 493 g/mol. The lowest BCUT2D eigenvalue weighted by atomic mass is 9.93. The number of carbonyl (C=O) groups is 2. The van der Waals surface area contributed by atoms with E-state index in [1.807, 2.05) is 19.1 Å². The van der Waals surface area contributed by atoms with E-state index < -0.39 is 23.7 Å². The number of rotatable bonds is 8. The van der Waals surface area contributed by atoms with Crippen LogP contribution in [0.15, 0.2) is 66.9 Å². The van der Waals surface area contributed by atoms with Gasteiger partial charge in [0.1, 0.15) is 11.9 Å². The summed E-state index contributed by atoms with van der Waals surface area (Å²) < 4.78 is 28.4. The number of pyridine rings is 1. The first-order chi connectivity index (χ1) is 17.4. The summed E-state index contributed by atoms with van der Waals surface area (Å²) >= 11 is 0. The topological polar surface area (TPSA) is 74.3 Å². The Labute approximate surface area is 209 Å². The second-order valence-electron chi connectivity index (χ2n) is 9.04. The molecule has 6 nitrogen and oxygen atoms in total. The van der Waals surface area contributed by atoms with Crippen LogP contribution in [0.5, 0.6) is 0 Å². The summed E-state index contributed by atoms with van der Waals surface area (Å²) in [6.07, 6.45) is 6.27. The molecule has 1 heterocycles. The van der Waals surface area contributed by atoms with E-state index in [1.165, 1.54) is 35.4 Å². The van der Waals surface area contributed by atoms with E-state index in [-0.39, 0.29) is 29.9 Å². The highest BCUT2D eigenvalue weighted by molar-refractivity contribution is 6.03. The Balaban J connectivity index is 1.72. The first-order valence-corrected chi connectivity index (χ1v) is 12.2. The van der Waals surface area contributed by atoms with Gasteiger partial charge in [0.05, 0.1) is 12.2 Å². The Hall–Kier alpha value is -3.81. The Morgan fingerprint density at radius 3 is 2.53 bits per heavy atom. The zero-order chi connectivity index (χ0) is 25.5. The van der Waals surface area contributed by atoms with Crippen molar-refractivity contribution in [2.75, 3.05) is 16.8 Å². The van der Waals surface area contributed by atoms with Crippen LogP contribution >= 0.6 is 0 Å². The Morgan fingerprint density at radius 2 is 1.81 bits per heavy atom. The predicted molar refractivity (Wildman–Crippen MR) is 136 cm³/mol. The van der Waals surface area contributed by atoms with E-state index in [0.29, 0.717) is 5.56 Å². The number of carbonyl (C=O) groups excluding carboxylic acids is 2. The summed E-state index contributed by atoms with van der Waals surface area (Å²) in [4.78, 5) is 32.4. The fraction of sp³-hybridized carbons (Fsp3) is 0.321. The van der Waals surface area contributed by atoms with Gasteiger partial charge in [0.2, 0.25) is 17.8 Å². The van der Waals surface area contributed by atoms with Gasteiger partial charge in [0.15, 0.2) is 0 Å². The van der Waals surface area contributed by atoms with Gasteiger partial charge in [-0.2, -0.15) is 4.39 Å². The second kappa shape index (κ2) is 11.7. The van der Waals surface area contributed by atoms with E-state index in [0.717, 1.165) is 37.7 Å². The van der Waals surface area contributed by atoms with Crippen molar-refractivity contribution in [3.63, 3.8) is 0 Å². The fourth-order valence-electron chi connectivity index (χ4n) is 4.66. The van der Waals surface area contributed by atoms with E-state index in [9.17, 15) is 18.4 Å². The van der Waals surface area contributed by atoms with Gasteiger partial charge in [-0.05, 0) is 61.2 Å². The van der Waals surface area contributed by atoms with Crippen LogP contribution < -0.4 is 15.5 Å². The molecule has 1 aromatic heterocycles. The van der Waals surface area contributed by atoms with Gasteiger partial charge < -0.3 is 10.6 Å². The van der Waals surface area contributed by atoms with Crippen molar-refractivity contribution in [1.82, 2.24) is 10.3 Å². The molecule has 188 valence electrons. The highest BCUT2D eigenvalue weighted by Gasteiger charge is 2.35. The van der Waals surface area contributed by atoms with Gasteiger partial charge in [0.25, 0.3) is 0 Å². The molecule has 2 amide bonds. The minimum Gasteiger partial charge on any atom is -0.372 e. The zero-order valence-electron chi connectivity index (χ0n) is 20.2. The number of hydrogen-bond acceptors (Lipinski definition) is 4. The zero-order valence-corrected chi connectivity index (χ0v) is 20.2. The molecule has 1 aliphatic carbocycles. The molecule has 0 bridgehead atoms. The lowest BCUT2D eigenvalue weighted by Gasteiger charge is -2.34. The summed E-state index contributed by atoms with van der Waals surface area (Å²) in [6.45, 7) is 1.55. The molecule has 1 saturated carbocycles. The van der Waals surface area contributed by atoms with Crippen molar-refractivity contribution >= 4 is 23.2 Å². The first-order valence-electron chi connectivity index (χ1n) is 12.2. The number of nitrogens with one attached hydrogen (secondary N) is 2. The van der Waals surface area contributed by atoms with Crippen LogP contribution in [-0.4, -0.2) is 29.4 Å². The van der Waals surface area contributed by atoms with Crippen LogP contribution in [0.25, 0.3) is 0 Å². The first kappa shape index (κ1) is 25.3. The normalized spacial score (nSPS) is 14.6. The maximum absolute atomic E-state index is 14.3. The van der Waals surface area contributed by atoms with Crippen LogP contribution in [-0.2, 0) is 9.59 Å². The van der Waals surface area contributed by atoms with Crippen molar-refractivity contribution in [2.24, 2.45) is 0 Å². The highest BCUT2D eigenvalue weighted by Crippen LogP contribution is 2.31. The molecule has 0 radical (unpaired) electrons. The summed E-state index contributed by atoms with van der Waals surface area (Å²) in [6, 6.07) is 14.9. The second-order valence-corrected chi connectivity index (χ2v) is 9.04. The number of halogens is 2. The molecule has 1 fully saturated rings. The van der Waals surface area contributed by atoms with Gasteiger partial charge in [-0.25, -0.2) is 9.37 Å². The Bertz CT molecular complexity index is 1210. The van der Waals surface area contributed by atoms with Crippen molar-refractivity contribution in [1.29, 1.82) is 0 Å². The summed E-state index contributed by atoms with van der Waals surface area (Å²) in [5.74, 6) is -2.13. The van der Waals surface area contributed by atoms with E-state index >= 15 is 0 Å². The smallest absolute Gasteiger partial charge is 0.248 e. The molecule has 2 aromatic carbocycles. The number of amides is 2. The molecule has 1 unspecified atom stereocenters. The predicted octanol–water partition coefficient (Wildman–Crippen LogP) is 5.30. The summed E-state index contributed by atoms with van der Waals surface area (Å²) in [5.41, 5.74) is 1.75. The fourth-order valence-corrected chi connectivity index (χ4v) is 4.66. The molecule has 0 spiro atoms. The maximum Gasteiger partial charge on any atom is 0.248 e. The van der Waals surface area contributed by atoms with Crippen LogP contribution in [0.4, 0.5) is 20.2 Å². The minimum absolute atomic E-state index is 0.0184. The third-order valence-electron chi connectivity index (χ3n) is 6.49. The molecule has 0 aliphatic heterocycles. The average Bonchev–Trinajstić information content (AvgIpc) is 2.87. The molecule has 8 heteroatoms. The SMILES string of the molecule is Cc1ccccc1C(C(=O)NC1CCCCC1)N(C(=O)CNc1cccnc1F)c1cccc(F)c1. The molecule has 4 rings (SSSR count). The molecule has 3 aromatic rings. The van der Waals surface area contributed by atoms with E-state index in [2.05, 4.69) is 15.6 Å². The van der Waals surface area contributed by atoms with Crippen LogP contribution in [0.1, 0.15) is 49.3 Å². The van der Waals surface area contributed by atoms with Crippen molar-refractivity contribution in [3.8, 4) is 0 Å². The number of aromatic nitrogens is 1. The van der Waals surface area contributed by atoms with Crippen LogP contribution in [0, 0.1) is 18.7 Å². The largest absolute Gasteiger partial charge is 0.372 e. The number of anilines is 2. The molecular formula is C28H30F2N4O2. The number of benzene rings is 2. The van der Waals surface area contributed by atoms with Crippen molar-refractivity contribution in [2.45, 2.75) is 51.1 Å². The quantitative estimate of drug-likeness (QED) is 0.419. The molecule has 36 heavy (non-hydrogen) atoms. The number of hydrogen-bond donors (Lipinski definition) is 2. The third kappa shape index (κ3) is 6.05. The molecule has 0 saturated heterocycles. The summed E-state index contributed by atoms with van der Waals surface area (Å²) in [7, 11) is 0. The highest BCUT2D eigenvalue weighted by atomic mass is 19.1. The lowest BCUT2D eigenvalue weighted by molar-refractivity contribution is -0.126. The molecule has 1 atom stereocenters. The van der Waals surface area contributed by atoms with Gasteiger partial charge in [-0.1, -0.05) is 49.6 Å². The van der Waals surface area contributed by atoms with Gasteiger partial charge >= 0.3 is 0 Å². The number of aryl methyl sites for hydroxylation is 1. The van der Waals surface area contributed by atoms with Crippen LogP contribution in [0.3, 0.4) is 0 Å². The van der Waals surface area contributed by atoms with Gasteiger partial charge in [-0.15, -0.1) is 0 Å².